The molecule has 2 heterocycles. The highest BCUT2D eigenvalue weighted by atomic mass is 79.9. The number of aromatic nitrogens is 2. The lowest BCUT2D eigenvalue weighted by atomic mass is 9.85. The Morgan fingerprint density at radius 2 is 2.06 bits per heavy atom. The number of rotatable bonds is 10. The summed E-state index contributed by atoms with van der Waals surface area (Å²) < 4.78 is 0.915. The molecule has 0 amide bonds. The molecule has 1 saturated carbocycles. The Balaban J connectivity index is 0.00000361. The molecule has 1 aliphatic heterocycles. The minimum absolute atomic E-state index is 0. The summed E-state index contributed by atoms with van der Waals surface area (Å²) in [5.74, 6) is 1.98. The van der Waals surface area contributed by atoms with Crippen molar-refractivity contribution < 1.29 is 4.79 Å². The van der Waals surface area contributed by atoms with Crippen LogP contribution in [0, 0.1) is 24.7 Å². The van der Waals surface area contributed by atoms with E-state index in [1.807, 2.05) is 6.20 Å². The third-order valence-corrected chi connectivity index (χ3v) is 8.18. The largest absolute Gasteiger partial charge is 0.381 e. The lowest BCUT2D eigenvalue weighted by molar-refractivity contribution is -0.124. The summed E-state index contributed by atoms with van der Waals surface area (Å²) in [6.07, 6.45) is 7.75. The van der Waals surface area contributed by atoms with Gasteiger partial charge in [0.05, 0.1) is 10.2 Å². The zero-order valence-corrected chi connectivity index (χ0v) is 23.2. The van der Waals surface area contributed by atoms with Crippen molar-refractivity contribution >= 4 is 39.0 Å². The fourth-order valence-electron chi connectivity index (χ4n) is 5.60. The summed E-state index contributed by atoms with van der Waals surface area (Å²) in [7, 11) is 0. The first-order valence-electron chi connectivity index (χ1n) is 13.2. The molecule has 1 aromatic heterocycles. The average Bonchev–Trinajstić information content (AvgIpc) is 3.47. The lowest BCUT2D eigenvalue weighted by Gasteiger charge is -2.20. The number of likely N-dealkylation sites (tertiary alicyclic amines) is 1. The van der Waals surface area contributed by atoms with Crippen molar-refractivity contribution in [3.8, 4) is 0 Å². The molecule has 0 unspecified atom stereocenters. The van der Waals surface area contributed by atoms with Crippen LogP contribution < -0.4 is 10.6 Å². The van der Waals surface area contributed by atoms with Crippen molar-refractivity contribution in [3.05, 3.63) is 40.1 Å². The van der Waals surface area contributed by atoms with E-state index in [1.165, 1.54) is 24.2 Å². The monoisotopic (exact) mass is 557 g/mol. The van der Waals surface area contributed by atoms with Crippen LogP contribution in [-0.2, 0) is 11.2 Å². The van der Waals surface area contributed by atoms with Crippen molar-refractivity contribution in [1.29, 1.82) is 0 Å². The summed E-state index contributed by atoms with van der Waals surface area (Å²) in [6, 6.07) is 6.90. The number of nitrogens with zero attached hydrogens (tertiary/aromatic N) is 3. The summed E-state index contributed by atoms with van der Waals surface area (Å²) in [6.45, 7) is 12.0. The first kappa shape index (κ1) is 28.6. The smallest absolute Gasteiger partial charge is 0.227 e. The number of ketones is 1. The molecule has 198 valence electrons. The molecule has 3 atom stereocenters. The van der Waals surface area contributed by atoms with Gasteiger partial charge in [0.1, 0.15) is 5.78 Å². The van der Waals surface area contributed by atoms with Crippen LogP contribution in [0.5, 0.6) is 0 Å². The van der Waals surface area contributed by atoms with Crippen molar-refractivity contribution in [3.63, 3.8) is 0 Å². The van der Waals surface area contributed by atoms with Gasteiger partial charge in [-0.2, -0.15) is 0 Å². The van der Waals surface area contributed by atoms with E-state index in [1.54, 1.807) is 0 Å². The molecule has 2 N–H and O–H groups in total. The van der Waals surface area contributed by atoms with Crippen LogP contribution in [0.3, 0.4) is 0 Å². The Kier molecular flexibility index (Phi) is 10.3. The SMILES string of the molecule is C.CCN1CC[C@@H](Nc2ccc(Nc3ncc(Br)c(C[C@@H]4CCC[C@@H]4C(=O)CC(C)C)n3)cc2C)C1. The van der Waals surface area contributed by atoms with Gasteiger partial charge in [0.25, 0.3) is 0 Å². The first-order valence-corrected chi connectivity index (χ1v) is 14.0. The number of anilines is 3. The highest BCUT2D eigenvalue weighted by molar-refractivity contribution is 9.10. The van der Waals surface area contributed by atoms with E-state index in [9.17, 15) is 4.79 Å². The number of hydrogen-bond donors (Lipinski definition) is 2. The number of likely N-dealkylation sites (N-methyl/N-ethyl adjacent to an activating group) is 1. The fraction of sp³-hybridized carbons (Fsp3) is 0.621. The van der Waals surface area contributed by atoms with E-state index < -0.39 is 0 Å². The topological polar surface area (TPSA) is 70.2 Å². The van der Waals surface area contributed by atoms with Crippen LogP contribution in [0.4, 0.5) is 17.3 Å². The Morgan fingerprint density at radius 1 is 1.25 bits per heavy atom. The van der Waals surface area contributed by atoms with Gasteiger partial charge in [0, 0.05) is 49.0 Å². The number of hydrogen-bond acceptors (Lipinski definition) is 6. The summed E-state index contributed by atoms with van der Waals surface area (Å²) in [5.41, 5.74) is 4.36. The Labute approximate surface area is 226 Å². The molecule has 6 nitrogen and oxygen atoms in total. The summed E-state index contributed by atoms with van der Waals surface area (Å²) in [5, 5.41) is 7.10. The molecule has 0 spiro atoms. The van der Waals surface area contributed by atoms with E-state index in [2.05, 4.69) is 82.3 Å². The van der Waals surface area contributed by atoms with Gasteiger partial charge in [-0.1, -0.05) is 34.6 Å². The lowest BCUT2D eigenvalue weighted by Crippen LogP contribution is -2.26. The average molecular weight is 559 g/mol. The normalized spacial score (nSPS) is 22.0. The molecule has 36 heavy (non-hydrogen) atoms. The third-order valence-electron chi connectivity index (χ3n) is 7.52. The minimum atomic E-state index is 0. The second-order valence-corrected chi connectivity index (χ2v) is 11.6. The number of carbonyl (C=O) groups is 1. The van der Waals surface area contributed by atoms with E-state index in [0.717, 1.165) is 54.6 Å². The van der Waals surface area contributed by atoms with Crippen molar-refractivity contribution in [2.45, 2.75) is 79.7 Å². The van der Waals surface area contributed by atoms with Gasteiger partial charge in [0.2, 0.25) is 5.95 Å². The van der Waals surface area contributed by atoms with E-state index in [-0.39, 0.29) is 13.3 Å². The zero-order chi connectivity index (χ0) is 24.9. The number of carbonyl (C=O) groups excluding carboxylic acids is 1. The van der Waals surface area contributed by atoms with E-state index >= 15 is 0 Å². The molecule has 2 aromatic rings. The summed E-state index contributed by atoms with van der Waals surface area (Å²) in [4.78, 5) is 24.6. The molecule has 1 saturated heterocycles. The standard InChI is InChI=1S/C28H40BrN5O.CH4/c1-5-34-12-11-22(17-34)31-25-10-9-21(14-19(25)4)32-28-30-16-24(29)26(33-28)15-20-7-6-8-23(20)27(35)13-18(2)3;/h9-10,14,16,18,20,22-23,31H,5-8,11-13,15,17H2,1-4H3,(H,30,32,33);1H4/t20-,22+,23-;/m0./s1. The molecule has 0 radical (unpaired) electrons. The third kappa shape index (κ3) is 7.28. The molecule has 2 fully saturated rings. The van der Waals surface area contributed by atoms with Crippen molar-refractivity contribution in [1.82, 2.24) is 14.9 Å². The van der Waals surface area contributed by atoms with Gasteiger partial charge in [-0.3, -0.25) is 4.79 Å². The number of Topliss-reactive ketones (excluding diaryl/α,β-unsaturated/α-hetero) is 1. The van der Waals surface area contributed by atoms with Crippen molar-refractivity contribution in [2.75, 3.05) is 30.3 Å². The number of benzene rings is 1. The maximum absolute atomic E-state index is 12.8. The Bertz CT molecular complexity index is 1030. The molecule has 1 aromatic carbocycles. The Hall–Kier alpha value is -1.99. The van der Waals surface area contributed by atoms with Crippen LogP contribution in [0.1, 0.15) is 71.6 Å². The van der Waals surface area contributed by atoms with Crippen LogP contribution in [0.25, 0.3) is 0 Å². The second kappa shape index (κ2) is 13.0. The summed E-state index contributed by atoms with van der Waals surface area (Å²) >= 11 is 3.64. The van der Waals surface area contributed by atoms with E-state index in [0.29, 0.717) is 36.0 Å². The van der Waals surface area contributed by atoms with Crippen LogP contribution >= 0.6 is 15.9 Å². The van der Waals surface area contributed by atoms with Crippen molar-refractivity contribution in [2.24, 2.45) is 17.8 Å². The first-order chi connectivity index (χ1) is 16.8. The van der Waals surface area contributed by atoms with Gasteiger partial charge in [0.15, 0.2) is 0 Å². The fourth-order valence-corrected chi connectivity index (χ4v) is 5.96. The number of nitrogens with one attached hydrogen (secondary N) is 2. The Morgan fingerprint density at radius 3 is 2.75 bits per heavy atom. The molecular weight excluding hydrogens is 514 g/mol. The van der Waals surface area contributed by atoms with Gasteiger partial charge in [-0.05, 0) is 90.7 Å². The molecule has 1 aliphatic carbocycles. The highest BCUT2D eigenvalue weighted by Gasteiger charge is 2.33. The molecule has 2 aliphatic rings. The highest BCUT2D eigenvalue weighted by Crippen LogP contribution is 2.37. The molecular formula is C29H44BrN5O. The predicted molar refractivity (Wildman–Crippen MR) is 154 cm³/mol. The second-order valence-electron chi connectivity index (χ2n) is 10.7. The molecule has 4 rings (SSSR count). The maximum atomic E-state index is 12.8. The maximum Gasteiger partial charge on any atom is 0.227 e. The molecule has 0 bridgehead atoms. The van der Waals surface area contributed by atoms with Gasteiger partial charge in [-0.25, -0.2) is 9.97 Å². The van der Waals surface area contributed by atoms with Crippen LogP contribution in [0.15, 0.2) is 28.9 Å². The number of halogens is 1. The van der Waals surface area contributed by atoms with Crippen LogP contribution in [0.2, 0.25) is 0 Å². The number of aryl methyl sites for hydroxylation is 1. The van der Waals surface area contributed by atoms with Gasteiger partial charge >= 0.3 is 0 Å². The quantitative estimate of drug-likeness (QED) is 0.327. The molecule has 7 heteroatoms. The van der Waals surface area contributed by atoms with Crippen LogP contribution in [-0.4, -0.2) is 46.3 Å². The minimum Gasteiger partial charge on any atom is -0.381 e. The van der Waals surface area contributed by atoms with E-state index in [4.69, 9.17) is 4.98 Å². The predicted octanol–water partition coefficient (Wildman–Crippen LogP) is 7.01. The zero-order valence-electron chi connectivity index (χ0n) is 21.6. The van der Waals surface area contributed by atoms with Gasteiger partial charge in [-0.15, -0.1) is 0 Å². The van der Waals surface area contributed by atoms with Gasteiger partial charge < -0.3 is 15.5 Å².